The normalized spacial score (nSPS) is 22.8. The summed E-state index contributed by atoms with van der Waals surface area (Å²) in [5.74, 6) is 0. The Morgan fingerprint density at radius 1 is 1.12 bits per heavy atom. The number of piperidine rings is 1. The smallest absolute Gasteiger partial charge is 0.315 e. The molecule has 2 aromatic rings. The van der Waals surface area contributed by atoms with Crippen LogP contribution in [0.5, 0.6) is 0 Å². The number of urea groups is 1. The zero-order valence-electron chi connectivity index (χ0n) is 15.4. The molecule has 5 heteroatoms. The third kappa shape index (κ3) is 4.62. The summed E-state index contributed by atoms with van der Waals surface area (Å²) in [6, 6.07) is 20.4. The molecule has 1 fully saturated rings. The fourth-order valence-electron chi connectivity index (χ4n) is 3.43. The Balaban J connectivity index is 1.80. The average molecular weight is 353 g/mol. The first-order valence-electron chi connectivity index (χ1n) is 9.09. The lowest BCUT2D eigenvalue weighted by Crippen LogP contribution is -2.57. The van der Waals surface area contributed by atoms with Crippen molar-refractivity contribution in [2.45, 2.75) is 37.6 Å². The molecule has 26 heavy (non-hydrogen) atoms. The van der Waals surface area contributed by atoms with Gasteiger partial charge in [0.2, 0.25) is 0 Å². The fraction of sp³-hybridized carbons (Fsp3) is 0.381. The Morgan fingerprint density at radius 3 is 2.23 bits per heavy atom. The lowest BCUT2D eigenvalue weighted by Gasteiger charge is -2.41. The predicted molar refractivity (Wildman–Crippen MR) is 103 cm³/mol. The summed E-state index contributed by atoms with van der Waals surface area (Å²) in [5.41, 5.74) is 1.93. The van der Waals surface area contributed by atoms with Crippen molar-refractivity contribution in [2.24, 2.45) is 0 Å². The fourth-order valence-corrected chi connectivity index (χ4v) is 3.43. The van der Waals surface area contributed by atoms with Gasteiger partial charge in [-0.2, -0.15) is 0 Å². The SMILES string of the molecule is CNC(=O)NC1CC(C)(OC(c2ccccc2)c2ccccc2)CCN1. The van der Waals surface area contributed by atoms with Crippen LogP contribution < -0.4 is 16.0 Å². The molecule has 0 radical (unpaired) electrons. The van der Waals surface area contributed by atoms with Crippen LogP contribution in [-0.4, -0.2) is 31.4 Å². The minimum absolute atomic E-state index is 0.110. The van der Waals surface area contributed by atoms with Gasteiger partial charge in [-0.3, -0.25) is 5.32 Å². The van der Waals surface area contributed by atoms with Crippen molar-refractivity contribution in [3.63, 3.8) is 0 Å². The second-order valence-corrected chi connectivity index (χ2v) is 6.95. The lowest BCUT2D eigenvalue weighted by molar-refractivity contribution is -0.0944. The minimum atomic E-state index is -0.340. The maximum atomic E-state index is 11.7. The number of nitrogens with one attached hydrogen (secondary N) is 3. The van der Waals surface area contributed by atoms with Gasteiger partial charge in [0.05, 0.1) is 11.8 Å². The van der Waals surface area contributed by atoms with Crippen LogP contribution in [0.2, 0.25) is 0 Å². The Morgan fingerprint density at radius 2 is 1.69 bits per heavy atom. The number of benzene rings is 2. The molecule has 3 N–H and O–H groups in total. The first-order chi connectivity index (χ1) is 12.6. The van der Waals surface area contributed by atoms with Gasteiger partial charge in [-0.05, 0) is 31.0 Å². The van der Waals surface area contributed by atoms with Crippen molar-refractivity contribution in [1.82, 2.24) is 16.0 Å². The second-order valence-electron chi connectivity index (χ2n) is 6.95. The van der Waals surface area contributed by atoms with Crippen LogP contribution >= 0.6 is 0 Å². The van der Waals surface area contributed by atoms with Crippen LogP contribution in [0, 0.1) is 0 Å². The van der Waals surface area contributed by atoms with E-state index in [0.29, 0.717) is 6.42 Å². The molecule has 3 rings (SSSR count). The number of hydrogen-bond acceptors (Lipinski definition) is 3. The van der Waals surface area contributed by atoms with Crippen molar-refractivity contribution in [2.75, 3.05) is 13.6 Å². The Hall–Kier alpha value is -2.37. The van der Waals surface area contributed by atoms with Gasteiger partial charge >= 0.3 is 6.03 Å². The molecule has 0 aromatic heterocycles. The van der Waals surface area contributed by atoms with Crippen LogP contribution in [0.4, 0.5) is 4.79 Å². The van der Waals surface area contributed by atoms with E-state index in [0.717, 1.165) is 24.1 Å². The molecule has 1 saturated heterocycles. The van der Waals surface area contributed by atoms with E-state index in [2.05, 4.69) is 47.1 Å². The zero-order valence-corrected chi connectivity index (χ0v) is 15.4. The molecular formula is C21H27N3O2. The van der Waals surface area contributed by atoms with Gasteiger partial charge in [0, 0.05) is 13.5 Å². The van der Waals surface area contributed by atoms with E-state index in [1.807, 2.05) is 36.4 Å². The third-order valence-electron chi connectivity index (χ3n) is 4.82. The second kappa shape index (κ2) is 8.34. The first kappa shape index (κ1) is 18.4. The molecule has 1 aliphatic heterocycles. The maximum absolute atomic E-state index is 11.7. The van der Waals surface area contributed by atoms with Crippen LogP contribution in [0.3, 0.4) is 0 Å². The number of amides is 2. The van der Waals surface area contributed by atoms with Crippen LogP contribution in [0.25, 0.3) is 0 Å². The quantitative estimate of drug-likeness (QED) is 0.774. The maximum Gasteiger partial charge on any atom is 0.315 e. The van der Waals surface area contributed by atoms with Gasteiger partial charge in [0.1, 0.15) is 6.10 Å². The number of hydrogen-bond donors (Lipinski definition) is 3. The molecule has 1 heterocycles. The summed E-state index contributed by atoms with van der Waals surface area (Å²) in [5, 5.41) is 8.88. The molecule has 1 aliphatic rings. The topological polar surface area (TPSA) is 62.4 Å². The highest BCUT2D eigenvalue weighted by Crippen LogP contribution is 2.35. The molecule has 0 aliphatic carbocycles. The Labute approximate surface area is 155 Å². The number of carbonyl (C=O) groups excluding carboxylic acids is 1. The standard InChI is InChI=1S/C21H27N3O2/c1-21(13-14-23-18(15-21)24-20(25)22-2)26-19(16-9-5-3-6-10-16)17-11-7-4-8-12-17/h3-12,18-19,23H,13-15H2,1-2H3,(H2,22,24,25). The van der Waals surface area contributed by atoms with Crippen molar-refractivity contribution < 1.29 is 9.53 Å². The first-order valence-corrected chi connectivity index (χ1v) is 9.09. The number of ether oxygens (including phenoxy) is 1. The van der Waals surface area contributed by atoms with E-state index in [4.69, 9.17) is 4.74 Å². The molecule has 0 saturated carbocycles. The summed E-state index contributed by atoms with van der Waals surface area (Å²) in [4.78, 5) is 11.7. The van der Waals surface area contributed by atoms with Gasteiger partial charge in [-0.15, -0.1) is 0 Å². The van der Waals surface area contributed by atoms with E-state index >= 15 is 0 Å². The molecule has 2 aromatic carbocycles. The number of carbonyl (C=O) groups is 1. The lowest BCUT2D eigenvalue weighted by atomic mass is 9.90. The molecule has 138 valence electrons. The Bertz CT molecular complexity index is 668. The summed E-state index contributed by atoms with van der Waals surface area (Å²) in [6.45, 7) is 2.92. The Kier molecular flexibility index (Phi) is 5.91. The molecule has 0 bridgehead atoms. The van der Waals surface area contributed by atoms with E-state index in [1.165, 1.54) is 0 Å². The van der Waals surface area contributed by atoms with E-state index in [1.54, 1.807) is 7.05 Å². The van der Waals surface area contributed by atoms with Gasteiger partial charge < -0.3 is 15.4 Å². The molecule has 2 amide bonds. The van der Waals surface area contributed by atoms with Crippen molar-refractivity contribution in [1.29, 1.82) is 0 Å². The highest BCUT2D eigenvalue weighted by molar-refractivity contribution is 5.73. The highest BCUT2D eigenvalue weighted by atomic mass is 16.5. The van der Waals surface area contributed by atoms with Crippen LogP contribution in [0.15, 0.2) is 60.7 Å². The summed E-state index contributed by atoms with van der Waals surface area (Å²) in [6.07, 6.45) is 1.34. The molecule has 0 spiro atoms. The molecule has 5 nitrogen and oxygen atoms in total. The van der Waals surface area contributed by atoms with E-state index in [9.17, 15) is 4.79 Å². The monoisotopic (exact) mass is 353 g/mol. The van der Waals surface area contributed by atoms with Crippen molar-refractivity contribution in [3.05, 3.63) is 71.8 Å². The molecular weight excluding hydrogens is 326 g/mol. The largest absolute Gasteiger partial charge is 0.362 e. The van der Waals surface area contributed by atoms with Gasteiger partial charge in [-0.1, -0.05) is 60.7 Å². The summed E-state index contributed by atoms with van der Waals surface area (Å²) < 4.78 is 6.68. The van der Waals surface area contributed by atoms with Gasteiger partial charge in [-0.25, -0.2) is 4.79 Å². The number of rotatable bonds is 5. The average Bonchev–Trinajstić information content (AvgIpc) is 2.67. The van der Waals surface area contributed by atoms with Crippen LogP contribution in [-0.2, 0) is 4.74 Å². The van der Waals surface area contributed by atoms with Crippen molar-refractivity contribution >= 4 is 6.03 Å². The third-order valence-corrected chi connectivity index (χ3v) is 4.82. The minimum Gasteiger partial charge on any atom is -0.362 e. The van der Waals surface area contributed by atoms with Gasteiger partial charge in [0.25, 0.3) is 0 Å². The summed E-state index contributed by atoms with van der Waals surface area (Å²) in [7, 11) is 1.62. The molecule has 2 unspecified atom stereocenters. The molecule has 2 atom stereocenters. The van der Waals surface area contributed by atoms with E-state index < -0.39 is 0 Å². The van der Waals surface area contributed by atoms with Crippen LogP contribution in [0.1, 0.15) is 37.0 Å². The van der Waals surface area contributed by atoms with Crippen molar-refractivity contribution in [3.8, 4) is 0 Å². The predicted octanol–water partition coefficient (Wildman–Crippen LogP) is 3.19. The highest BCUT2D eigenvalue weighted by Gasteiger charge is 2.36. The zero-order chi connectivity index (χ0) is 18.4. The summed E-state index contributed by atoms with van der Waals surface area (Å²) >= 11 is 0. The van der Waals surface area contributed by atoms with Gasteiger partial charge in [0.15, 0.2) is 0 Å². The van der Waals surface area contributed by atoms with E-state index in [-0.39, 0.29) is 23.9 Å².